The van der Waals surface area contributed by atoms with Crippen LogP contribution in [-0.2, 0) is 0 Å². The van der Waals surface area contributed by atoms with Gasteiger partial charge in [-0.15, -0.1) is 0 Å². The van der Waals surface area contributed by atoms with Crippen molar-refractivity contribution >= 4 is 0 Å². The van der Waals surface area contributed by atoms with Crippen LogP contribution in [0.1, 0.15) is 22.3 Å². The summed E-state index contributed by atoms with van der Waals surface area (Å²) in [5.74, 6) is 1.41. The number of ether oxygens (including phenoxy) is 2. The van der Waals surface area contributed by atoms with E-state index in [1.165, 1.54) is 33.4 Å². The van der Waals surface area contributed by atoms with Crippen LogP contribution >= 0.6 is 0 Å². The molecule has 0 atom stereocenters. The van der Waals surface area contributed by atoms with E-state index in [-0.39, 0.29) is 18.9 Å². The molecule has 0 radical (unpaired) electrons. The monoisotopic (exact) mass is 352 g/mol. The van der Waals surface area contributed by atoms with E-state index < -0.39 is 0 Å². The fourth-order valence-corrected chi connectivity index (χ4v) is 3.69. The van der Waals surface area contributed by atoms with Crippen LogP contribution in [0, 0.1) is 33.8 Å². The predicted molar refractivity (Wildman–Crippen MR) is 108 cm³/mol. The Morgan fingerprint density at radius 3 is 1.26 bits per heavy atom. The predicted octanol–water partition coefficient (Wildman–Crippen LogP) is 3.08. The zero-order valence-corrected chi connectivity index (χ0v) is 17.4. The molecule has 0 fully saturated rings. The van der Waals surface area contributed by atoms with Crippen LogP contribution in [0.4, 0.5) is 0 Å². The first-order chi connectivity index (χ1) is 12.5. The molecule has 0 aromatic heterocycles. The van der Waals surface area contributed by atoms with Gasteiger partial charge in [0.1, 0.15) is 0 Å². The van der Waals surface area contributed by atoms with E-state index in [1.54, 1.807) is 14.2 Å². The first-order valence-corrected chi connectivity index (χ1v) is 8.79. The summed E-state index contributed by atoms with van der Waals surface area (Å²) in [7, 11) is 3.36. The molecule has 0 bridgehead atoms. The molecule has 27 heavy (non-hydrogen) atoms. The van der Waals surface area contributed by atoms with Gasteiger partial charge >= 0.3 is 18.9 Å². The van der Waals surface area contributed by atoms with Crippen LogP contribution in [0.2, 0.25) is 0 Å². The van der Waals surface area contributed by atoms with Crippen LogP contribution in [-0.4, -0.2) is 14.2 Å². The van der Waals surface area contributed by atoms with E-state index in [1.807, 2.05) is 0 Å². The summed E-state index contributed by atoms with van der Waals surface area (Å²) >= 11 is 0. The fraction of sp³-hybridized carbons (Fsp3) is 0.250. The maximum Gasteiger partial charge on any atom is 1.00 e. The maximum absolute atomic E-state index is 5.67. The minimum Gasteiger partial charge on any atom is -0.522 e. The number of hydrogen-bond donors (Lipinski definition) is 0. The molecular weight excluding hydrogens is 327 g/mol. The summed E-state index contributed by atoms with van der Waals surface area (Å²) < 4.78 is 11.3. The van der Waals surface area contributed by atoms with Gasteiger partial charge in [0.2, 0.25) is 0 Å². The van der Waals surface area contributed by atoms with E-state index in [0.29, 0.717) is 11.5 Å². The SMILES string of the molecule is COc1[c-]c(OC)c(-c2c(C)cccc2C)cc1-c1c(C)cccc1C.[Li+]. The van der Waals surface area contributed by atoms with Crippen molar-refractivity contribution in [3.63, 3.8) is 0 Å². The number of hydrogen-bond acceptors (Lipinski definition) is 2. The van der Waals surface area contributed by atoms with Crippen molar-refractivity contribution in [3.05, 3.63) is 70.8 Å². The third-order valence-electron chi connectivity index (χ3n) is 4.91. The minimum atomic E-state index is 0. The Morgan fingerprint density at radius 1 is 0.630 bits per heavy atom. The summed E-state index contributed by atoms with van der Waals surface area (Å²) in [5, 5.41) is 0. The molecule has 0 aliphatic rings. The first-order valence-electron chi connectivity index (χ1n) is 8.79. The average Bonchev–Trinajstić information content (AvgIpc) is 2.61. The van der Waals surface area contributed by atoms with E-state index in [9.17, 15) is 0 Å². The van der Waals surface area contributed by atoms with Crippen molar-refractivity contribution in [1.29, 1.82) is 0 Å². The summed E-state index contributed by atoms with van der Waals surface area (Å²) in [6.45, 7) is 8.52. The summed E-state index contributed by atoms with van der Waals surface area (Å²) in [4.78, 5) is 0. The van der Waals surface area contributed by atoms with Gasteiger partial charge in [0.05, 0.1) is 14.2 Å². The van der Waals surface area contributed by atoms with E-state index in [4.69, 9.17) is 9.47 Å². The Kier molecular flexibility index (Phi) is 6.82. The molecule has 3 heteroatoms. The zero-order chi connectivity index (χ0) is 18.8. The van der Waals surface area contributed by atoms with Crippen molar-refractivity contribution in [3.8, 4) is 33.8 Å². The molecule has 3 aromatic carbocycles. The number of methoxy groups -OCH3 is 2. The zero-order valence-electron chi connectivity index (χ0n) is 17.4. The van der Waals surface area contributed by atoms with E-state index >= 15 is 0 Å². The minimum absolute atomic E-state index is 0. The smallest absolute Gasteiger partial charge is 0.522 e. The standard InChI is InChI=1S/C24H25O2.Li/c1-15-9-7-10-16(2)23(15)19-13-20(22(26-6)14-21(19)25-5)24-17(3)11-8-12-18(24)4;/h7-13H,1-6H3;/q-1;+1. The molecule has 0 N–H and O–H groups in total. The van der Waals surface area contributed by atoms with Gasteiger partial charge in [-0.25, -0.2) is 0 Å². The van der Waals surface area contributed by atoms with Crippen LogP contribution in [0.5, 0.6) is 11.5 Å². The van der Waals surface area contributed by atoms with Gasteiger partial charge in [-0.1, -0.05) is 87.0 Å². The molecule has 0 aliphatic heterocycles. The van der Waals surface area contributed by atoms with Crippen LogP contribution < -0.4 is 28.3 Å². The Morgan fingerprint density at radius 2 is 0.963 bits per heavy atom. The second-order valence-corrected chi connectivity index (χ2v) is 6.70. The Bertz CT molecular complexity index is 846. The normalized spacial score (nSPS) is 10.3. The van der Waals surface area contributed by atoms with Crippen molar-refractivity contribution in [2.45, 2.75) is 27.7 Å². The molecule has 134 valence electrons. The van der Waals surface area contributed by atoms with Gasteiger partial charge in [-0.2, -0.15) is 6.07 Å². The summed E-state index contributed by atoms with van der Waals surface area (Å²) in [5.41, 5.74) is 9.34. The molecule has 3 aromatic rings. The van der Waals surface area contributed by atoms with Gasteiger partial charge in [-0.05, 0) is 27.7 Å². The van der Waals surface area contributed by atoms with E-state index in [0.717, 1.165) is 11.1 Å². The second kappa shape index (κ2) is 8.70. The van der Waals surface area contributed by atoms with Gasteiger partial charge in [0, 0.05) is 11.5 Å². The van der Waals surface area contributed by atoms with Crippen molar-refractivity contribution in [2.75, 3.05) is 14.2 Å². The first kappa shape index (κ1) is 21.2. The summed E-state index contributed by atoms with van der Waals surface area (Å²) in [6, 6.07) is 18.2. The molecule has 0 spiro atoms. The molecule has 0 unspecified atom stereocenters. The van der Waals surface area contributed by atoms with Gasteiger partial charge in [-0.3, -0.25) is 0 Å². The quantitative estimate of drug-likeness (QED) is 0.531. The molecule has 0 amide bonds. The average molecular weight is 352 g/mol. The van der Waals surface area contributed by atoms with Crippen molar-refractivity contribution in [2.24, 2.45) is 0 Å². The molecule has 0 saturated heterocycles. The number of aryl methyl sites for hydroxylation is 4. The fourth-order valence-electron chi connectivity index (χ4n) is 3.69. The van der Waals surface area contributed by atoms with Crippen LogP contribution in [0.15, 0.2) is 42.5 Å². The van der Waals surface area contributed by atoms with Crippen LogP contribution in [0.25, 0.3) is 22.3 Å². The largest absolute Gasteiger partial charge is 1.00 e. The Balaban J connectivity index is 0.00000261. The van der Waals surface area contributed by atoms with E-state index in [2.05, 4.69) is 76.2 Å². The van der Waals surface area contributed by atoms with Gasteiger partial charge < -0.3 is 9.47 Å². The molecule has 2 nitrogen and oxygen atoms in total. The number of benzene rings is 3. The van der Waals surface area contributed by atoms with Gasteiger partial charge in [0.15, 0.2) is 0 Å². The Labute approximate surface area is 174 Å². The molecule has 3 rings (SSSR count). The Hall–Kier alpha value is -2.14. The third kappa shape index (κ3) is 3.93. The topological polar surface area (TPSA) is 18.5 Å². The second-order valence-electron chi connectivity index (χ2n) is 6.70. The molecule has 0 aliphatic carbocycles. The third-order valence-corrected chi connectivity index (χ3v) is 4.91. The van der Waals surface area contributed by atoms with Crippen molar-refractivity contribution < 1.29 is 28.3 Å². The number of rotatable bonds is 4. The molecule has 0 heterocycles. The molecular formula is C24H25LiO2. The van der Waals surface area contributed by atoms with Crippen LogP contribution in [0.3, 0.4) is 0 Å². The molecule has 0 saturated carbocycles. The summed E-state index contributed by atoms with van der Waals surface area (Å²) in [6.07, 6.45) is 0. The van der Waals surface area contributed by atoms with Gasteiger partial charge in [0.25, 0.3) is 0 Å². The van der Waals surface area contributed by atoms with Crippen molar-refractivity contribution in [1.82, 2.24) is 0 Å². The maximum atomic E-state index is 5.67.